The first-order chi connectivity index (χ1) is 20.0. The minimum absolute atomic E-state index is 0.138. The van der Waals surface area contributed by atoms with E-state index in [1.807, 2.05) is 37.3 Å². The normalized spacial score (nSPS) is 24.1. The summed E-state index contributed by atoms with van der Waals surface area (Å²) < 4.78 is 12.1. The van der Waals surface area contributed by atoms with Crippen molar-refractivity contribution in [2.45, 2.75) is 97.9 Å². The number of ether oxygens (including phenoxy) is 2. The number of hydrogen-bond donors (Lipinski definition) is 3. The second-order valence-corrected chi connectivity index (χ2v) is 11.5. The van der Waals surface area contributed by atoms with Gasteiger partial charge in [0.2, 0.25) is 17.7 Å². The zero-order valence-electron chi connectivity index (χ0n) is 25.8. The van der Waals surface area contributed by atoms with E-state index < -0.39 is 41.9 Å². The Bertz CT molecular complexity index is 1070. The van der Waals surface area contributed by atoms with Crippen LogP contribution in [0.3, 0.4) is 0 Å². The molecule has 1 heterocycles. The summed E-state index contributed by atoms with van der Waals surface area (Å²) in [7, 11) is 0. The largest absolute Gasteiger partial charge is 0.460 e. The summed E-state index contributed by atoms with van der Waals surface area (Å²) in [6.45, 7) is 13.8. The third kappa shape index (κ3) is 11.8. The lowest BCUT2D eigenvalue weighted by Gasteiger charge is -2.33. The molecule has 1 aromatic carbocycles. The van der Waals surface area contributed by atoms with Crippen LogP contribution in [0.1, 0.15) is 78.7 Å². The molecule has 1 aromatic rings. The van der Waals surface area contributed by atoms with Crippen LogP contribution < -0.4 is 16.0 Å². The third-order valence-corrected chi connectivity index (χ3v) is 7.43. The summed E-state index contributed by atoms with van der Waals surface area (Å²) in [5.74, 6) is -3.21. The molecule has 3 amide bonds. The number of carbonyl (C=O) groups is 4. The first kappa shape index (κ1) is 34.7. The van der Waals surface area contributed by atoms with Gasteiger partial charge in [0.25, 0.3) is 0 Å². The summed E-state index contributed by atoms with van der Waals surface area (Å²) in [6.07, 6.45) is 7.06. The van der Waals surface area contributed by atoms with Gasteiger partial charge in [-0.15, -0.1) is 0 Å². The maximum absolute atomic E-state index is 13.7. The lowest BCUT2D eigenvalue weighted by molar-refractivity contribution is -0.163. The van der Waals surface area contributed by atoms with Crippen molar-refractivity contribution in [2.24, 2.45) is 17.8 Å². The number of rotatable bonds is 12. The molecule has 9 heteroatoms. The zero-order valence-corrected chi connectivity index (χ0v) is 25.8. The molecular weight excluding hydrogens is 534 g/mol. The molecule has 0 bridgehead atoms. The predicted octanol–water partition coefficient (Wildman–Crippen LogP) is 4.57. The molecule has 0 aliphatic carbocycles. The average Bonchev–Trinajstić information content (AvgIpc) is 2.95. The van der Waals surface area contributed by atoms with Crippen molar-refractivity contribution < 1.29 is 28.7 Å². The summed E-state index contributed by atoms with van der Waals surface area (Å²) in [6, 6.07) is 7.88. The van der Waals surface area contributed by atoms with Gasteiger partial charge in [0.15, 0.2) is 0 Å². The van der Waals surface area contributed by atoms with Gasteiger partial charge in [-0.25, -0.2) is 4.79 Å². The Kier molecular flexibility index (Phi) is 15.0. The number of esters is 1. The molecule has 1 aliphatic rings. The van der Waals surface area contributed by atoms with E-state index in [9.17, 15) is 19.2 Å². The Morgan fingerprint density at radius 2 is 1.67 bits per heavy atom. The van der Waals surface area contributed by atoms with Gasteiger partial charge >= 0.3 is 5.97 Å². The molecule has 0 radical (unpaired) electrons. The van der Waals surface area contributed by atoms with E-state index in [0.29, 0.717) is 13.0 Å². The minimum atomic E-state index is -0.958. The zero-order chi connectivity index (χ0) is 31.1. The lowest BCUT2D eigenvalue weighted by atomic mass is 9.85. The van der Waals surface area contributed by atoms with Crippen LogP contribution >= 0.6 is 0 Å². The molecule has 0 unspecified atom stereocenters. The van der Waals surface area contributed by atoms with Crippen molar-refractivity contribution in [3.63, 3.8) is 0 Å². The fourth-order valence-electron chi connectivity index (χ4n) is 4.85. The van der Waals surface area contributed by atoms with Gasteiger partial charge in [0, 0.05) is 18.4 Å². The Morgan fingerprint density at radius 3 is 2.33 bits per heavy atom. The van der Waals surface area contributed by atoms with Gasteiger partial charge in [0.1, 0.15) is 18.2 Å². The summed E-state index contributed by atoms with van der Waals surface area (Å²) in [5.41, 5.74) is 1.22. The molecule has 1 aliphatic heterocycles. The highest BCUT2D eigenvalue weighted by Crippen LogP contribution is 2.27. The van der Waals surface area contributed by atoms with E-state index in [1.165, 1.54) is 19.1 Å². The van der Waals surface area contributed by atoms with Crippen LogP contribution in [0.15, 0.2) is 54.8 Å². The maximum Gasteiger partial charge on any atom is 0.329 e. The topological polar surface area (TPSA) is 123 Å². The van der Waals surface area contributed by atoms with Crippen LogP contribution in [0.4, 0.5) is 0 Å². The predicted molar refractivity (Wildman–Crippen MR) is 163 cm³/mol. The van der Waals surface area contributed by atoms with Gasteiger partial charge in [0.05, 0.1) is 12.5 Å². The van der Waals surface area contributed by atoms with Crippen molar-refractivity contribution in [3.05, 3.63) is 60.3 Å². The molecule has 0 saturated carbocycles. The van der Waals surface area contributed by atoms with Crippen LogP contribution in [0.2, 0.25) is 0 Å². The highest BCUT2D eigenvalue weighted by Gasteiger charge is 2.38. The van der Waals surface area contributed by atoms with Crippen LogP contribution in [0, 0.1) is 17.8 Å². The number of cyclic esters (lactones) is 1. The highest BCUT2D eigenvalue weighted by molar-refractivity contribution is 5.94. The van der Waals surface area contributed by atoms with Gasteiger partial charge in [-0.05, 0) is 43.2 Å². The Labute approximate surface area is 250 Å². The average molecular weight is 584 g/mol. The summed E-state index contributed by atoms with van der Waals surface area (Å²) in [4.78, 5) is 52.6. The van der Waals surface area contributed by atoms with Gasteiger partial charge in [-0.2, -0.15) is 0 Å². The monoisotopic (exact) mass is 583 g/mol. The molecule has 0 spiro atoms. The van der Waals surface area contributed by atoms with Crippen molar-refractivity contribution in [1.82, 2.24) is 16.0 Å². The standard InChI is InChI=1S/C33H49N3O6/c1-7-8-9-11-14-23(4)30-27(19-20-41-21-26-15-12-10-13-16-26)32(39)34-24(5)17-18-28(37)35-25(6)31(38)36-29(22(2)3)33(40)42-30/h10,12-13,15-18,22-23,25,27,29-30H,5,7-9,11,14,19-21H2,1-4,6H3,(H,34,39)(H,35,37)(H,36,38)/b18-17+/t23-,25+,27+,29-,30+/m1/s1. The fraction of sp³-hybridized carbons (Fsp3) is 0.576. The first-order valence-corrected chi connectivity index (χ1v) is 15.1. The SMILES string of the molecule is C=C1/C=C/C(=O)N[C@@H](C)C(=O)N[C@H](C(C)C)C(=O)O[C@@H]([C@H](C)CCCCCC)[C@H](CCOCc2ccccc2)C(=O)N1. The van der Waals surface area contributed by atoms with Crippen LogP contribution in [0.5, 0.6) is 0 Å². The van der Waals surface area contributed by atoms with Crippen LogP contribution in [0.25, 0.3) is 0 Å². The molecule has 2 rings (SSSR count). The van der Waals surface area contributed by atoms with Crippen LogP contribution in [-0.4, -0.2) is 48.5 Å². The number of unbranched alkanes of at least 4 members (excludes halogenated alkanes) is 3. The maximum atomic E-state index is 13.7. The van der Waals surface area contributed by atoms with Gasteiger partial charge in [-0.3, -0.25) is 14.4 Å². The Balaban J connectivity index is 2.40. The number of benzene rings is 1. The molecule has 3 N–H and O–H groups in total. The van der Waals surface area contributed by atoms with Crippen molar-refractivity contribution in [1.29, 1.82) is 0 Å². The molecule has 42 heavy (non-hydrogen) atoms. The van der Waals surface area contributed by atoms with E-state index >= 15 is 0 Å². The summed E-state index contributed by atoms with van der Waals surface area (Å²) in [5, 5.41) is 8.08. The molecule has 5 atom stereocenters. The minimum Gasteiger partial charge on any atom is -0.460 e. The molecule has 0 fully saturated rings. The second-order valence-electron chi connectivity index (χ2n) is 11.5. The second kappa shape index (κ2) is 18.2. The smallest absolute Gasteiger partial charge is 0.329 e. The van der Waals surface area contributed by atoms with E-state index in [2.05, 4.69) is 29.5 Å². The van der Waals surface area contributed by atoms with E-state index in [1.54, 1.807) is 13.8 Å². The Morgan fingerprint density at radius 1 is 0.952 bits per heavy atom. The fourth-order valence-corrected chi connectivity index (χ4v) is 4.85. The van der Waals surface area contributed by atoms with Crippen molar-refractivity contribution >= 4 is 23.7 Å². The van der Waals surface area contributed by atoms with Gasteiger partial charge in [-0.1, -0.05) is 90.3 Å². The van der Waals surface area contributed by atoms with Crippen molar-refractivity contribution in [3.8, 4) is 0 Å². The lowest BCUT2D eigenvalue weighted by Crippen LogP contribution is -2.53. The van der Waals surface area contributed by atoms with E-state index in [0.717, 1.165) is 37.7 Å². The number of hydrogen-bond acceptors (Lipinski definition) is 6. The van der Waals surface area contributed by atoms with E-state index in [-0.39, 0.29) is 30.0 Å². The summed E-state index contributed by atoms with van der Waals surface area (Å²) >= 11 is 0. The number of allylic oxidation sites excluding steroid dienone is 1. The van der Waals surface area contributed by atoms with Crippen LogP contribution in [-0.2, 0) is 35.3 Å². The van der Waals surface area contributed by atoms with E-state index in [4.69, 9.17) is 9.47 Å². The number of amides is 3. The molecular formula is C33H49N3O6. The number of nitrogens with one attached hydrogen (secondary N) is 3. The molecule has 0 aromatic heterocycles. The highest BCUT2D eigenvalue weighted by atomic mass is 16.5. The number of carbonyl (C=O) groups excluding carboxylic acids is 4. The Hall–Kier alpha value is -3.46. The molecule has 0 saturated heterocycles. The molecule has 9 nitrogen and oxygen atoms in total. The van der Waals surface area contributed by atoms with Crippen molar-refractivity contribution in [2.75, 3.05) is 6.61 Å². The van der Waals surface area contributed by atoms with Gasteiger partial charge < -0.3 is 25.4 Å². The first-order valence-electron chi connectivity index (χ1n) is 15.1. The third-order valence-electron chi connectivity index (χ3n) is 7.43. The molecule has 232 valence electrons. The quantitative estimate of drug-likeness (QED) is 0.245.